The second-order valence-electron chi connectivity index (χ2n) is 5.14. The molecule has 0 aliphatic rings. The highest BCUT2D eigenvalue weighted by atomic mass is 35.5. The summed E-state index contributed by atoms with van der Waals surface area (Å²) in [4.78, 5) is 17.0. The van der Waals surface area contributed by atoms with Gasteiger partial charge in [-0.15, -0.1) is 11.8 Å². The molecule has 0 fully saturated rings. The Hall–Kier alpha value is -2.51. The molecule has 0 spiro atoms. The Morgan fingerprint density at radius 2 is 1.88 bits per heavy atom. The predicted molar refractivity (Wildman–Crippen MR) is 98.3 cm³/mol. The van der Waals surface area contributed by atoms with Crippen molar-refractivity contribution in [2.24, 2.45) is 0 Å². The van der Waals surface area contributed by atoms with E-state index in [2.05, 4.69) is 10.1 Å². The van der Waals surface area contributed by atoms with Crippen LogP contribution in [-0.4, -0.2) is 29.0 Å². The molecule has 134 valence electrons. The molecule has 26 heavy (non-hydrogen) atoms. The molecule has 0 radical (unpaired) electrons. The number of thioether (sulfide) groups is 1. The van der Waals surface area contributed by atoms with Crippen molar-refractivity contribution in [3.8, 4) is 17.1 Å². The fraction of sp³-hybridized carbons (Fsp3) is 0.167. The highest BCUT2D eigenvalue weighted by Gasteiger charge is 2.11. The number of ether oxygens (including phenoxy) is 2. The van der Waals surface area contributed by atoms with Gasteiger partial charge in [0.15, 0.2) is 6.61 Å². The molecule has 1 heterocycles. The highest BCUT2D eigenvalue weighted by molar-refractivity contribution is 8.00. The Morgan fingerprint density at radius 3 is 2.58 bits per heavy atom. The second-order valence-corrected chi connectivity index (χ2v) is 6.63. The van der Waals surface area contributed by atoms with Crippen LogP contribution in [0.15, 0.2) is 57.9 Å². The maximum absolute atomic E-state index is 11.9. The first-order valence-corrected chi connectivity index (χ1v) is 9.01. The van der Waals surface area contributed by atoms with Crippen LogP contribution >= 0.6 is 23.4 Å². The van der Waals surface area contributed by atoms with Crippen molar-refractivity contribution >= 4 is 29.3 Å². The summed E-state index contributed by atoms with van der Waals surface area (Å²) in [6.07, 6.45) is 0. The largest absolute Gasteiger partial charge is 0.497 e. The van der Waals surface area contributed by atoms with Gasteiger partial charge in [-0.1, -0.05) is 16.8 Å². The summed E-state index contributed by atoms with van der Waals surface area (Å²) >= 11 is 7.23. The van der Waals surface area contributed by atoms with E-state index in [1.54, 1.807) is 31.4 Å². The van der Waals surface area contributed by atoms with E-state index in [1.165, 1.54) is 11.8 Å². The van der Waals surface area contributed by atoms with Crippen LogP contribution in [0.4, 0.5) is 0 Å². The minimum absolute atomic E-state index is 0.0669. The zero-order valence-corrected chi connectivity index (χ0v) is 15.4. The second kappa shape index (κ2) is 8.73. The van der Waals surface area contributed by atoms with Gasteiger partial charge in [0.2, 0.25) is 5.82 Å². The molecule has 1 aromatic heterocycles. The molecular formula is C18H15ClN2O4S. The first-order valence-electron chi connectivity index (χ1n) is 7.65. The molecule has 0 aliphatic heterocycles. The maximum Gasteiger partial charge on any atom is 0.316 e. The molecule has 0 unspecified atom stereocenters. The Labute approximate surface area is 159 Å². The SMILES string of the molecule is COc1ccc(SCC(=O)OCc2nc(-c3ccc(Cl)cc3)no2)cc1. The van der Waals surface area contributed by atoms with Gasteiger partial charge in [-0.3, -0.25) is 4.79 Å². The monoisotopic (exact) mass is 390 g/mol. The average Bonchev–Trinajstić information content (AvgIpc) is 3.14. The van der Waals surface area contributed by atoms with Crippen molar-refractivity contribution in [3.63, 3.8) is 0 Å². The first-order chi connectivity index (χ1) is 12.6. The van der Waals surface area contributed by atoms with Crippen molar-refractivity contribution in [3.05, 3.63) is 59.4 Å². The quantitative estimate of drug-likeness (QED) is 0.441. The first kappa shape index (κ1) is 18.3. The smallest absolute Gasteiger partial charge is 0.316 e. The lowest BCUT2D eigenvalue weighted by Crippen LogP contribution is -2.07. The van der Waals surface area contributed by atoms with Crippen molar-refractivity contribution in [1.82, 2.24) is 10.1 Å². The molecule has 0 N–H and O–H groups in total. The van der Waals surface area contributed by atoms with Crippen LogP contribution in [0.25, 0.3) is 11.4 Å². The van der Waals surface area contributed by atoms with E-state index in [-0.39, 0.29) is 24.2 Å². The number of rotatable bonds is 7. The molecule has 0 bridgehead atoms. The molecule has 8 heteroatoms. The van der Waals surface area contributed by atoms with E-state index in [4.69, 9.17) is 25.6 Å². The minimum atomic E-state index is -0.364. The standard InChI is InChI=1S/C18H15ClN2O4S/c1-23-14-6-8-15(9-7-14)26-11-17(22)24-10-16-20-18(21-25-16)12-2-4-13(19)5-3-12/h2-9H,10-11H2,1H3. The van der Waals surface area contributed by atoms with Gasteiger partial charge in [0, 0.05) is 15.5 Å². The fourth-order valence-corrected chi connectivity index (χ4v) is 2.85. The molecule has 3 aromatic rings. The van der Waals surface area contributed by atoms with Crippen molar-refractivity contribution in [2.75, 3.05) is 12.9 Å². The lowest BCUT2D eigenvalue weighted by molar-refractivity contribution is -0.142. The van der Waals surface area contributed by atoms with Gasteiger partial charge in [0.25, 0.3) is 5.89 Å². The number of hydrogen-bond acceptors (Lipinski definition) is 7. The average molecular weight is 391 g/mol. The Morgan fingerprint density at radius 1 is 1.15 bits per heavy atom. The third-order valence-corrected chi connectivity index (χ3v) is 4.58. The molecule has 0 saturated heterocycles. The summed E-state index contributed by atoms with van der Waals surface area (Å²) in [7, 11) is 1.61. The summed E-state index contributed by atoms with van der Waals surface area (Å²) in [5.74, 6) is 1.24. The summed E-state index contributed by atoms with van der Waals surface area (Å²) in [6.45, 7) is -0.0669. The number of carbonyl (C=O) groups excluding carboxylic acids is 1. The molecule has 3 rings (SSSR count). The number of esters is 1. The highest BCUT2D eigenvalue weighted by Crippen LogP contribution is 2.22. The Kier molecular flexibility index (Phi) is 6.14. The lowest BCUT2D eigenvalue weighted by atomic mass is 10.2. The molecule has 0 aliphatic carbocycles. The fourth-order valence-electron chi connectivity index (χ4n) is 2.03. The van der Waals surface area contributed by atoms with Gasteiger partial charge < -0.3 is 14.0 Å². The van der Waals surface area contributed by atoms with Crippen LogP contribution < -0.4 is 4.74 Å². The third-order valence-electron chi connectivity index (χ3n) is 3.34. The Bertz CT molecular complexity index is 866. The zero-order valence-electron chi connectivity index (χ0n) is 13.8. The third kappa shape index (κ3) is 5.00. The van der Waals surface area contributed by atoms with E-state index in [0.717, 1.165) is 16.2 Å². The predicted octanol–water partition coefficient (Wildman–Crippen LogP) is 4.23. The van der Waals surface area contributed by atoms with Gasteiger partial charge in [-0.2, -0.15) is 4.98 Å². The summed E-state index contributed by atoms with van der Waals surface area (Å²) in [6, 6.07) is 14.5. The lowest BCUT2D eigenvalue weighted by Gasteiger charge is -2.03. The number of aromatic nitrogens is 2. The number of hydrogen-bond donors (Lipinski definition) is 0. The van der Waals surface area contributed by atoms with E-state index < -0.39 is 0 Å². The maximum atomic E-state index is 11.9. The van der Waals surface area contributed by atoms with Crippen molar-refractivity contribution in [2.45, 2.75) is 11.5 Å². The van der Waals surface area contributed by atoms with E-state index in [1.807, 2.05) is 24.3 Å². The number of nitrogens with zero attached hydrogens (tertiary/aromatic N) is 2. The van der Waals surface area contributed by atoms with Crippen LogP contribution in [0, 0.1) is 0 Å². The minimum Gasteiger partial charge on any atom is -0.497 e. The van der Waals surface area contributed by atoms with Crippen LogP contribution in [-0.2, 0) is 16.1 Å². The normalized spacial score (nSPS) is 10.5. The molecule has 0 saturated carbocycles. The zero-order chi connectivity index (χ0) is 18.4. The summed E-state index contributed by atoms with van der Waals surface area (Å²) in [5, 5.41) is 4.49. The number of carbonyl (C=O) groups is 1. The van der Waals surface area contributed by atoms with Gasteiger partial charge in [0.1, 0.15) is 5.75 Å². The van der Waals surface area contributed by atoms with Crippen molar-refractivity contribution < 1.29 is 18.8 Å². The van der Waals surface area contributed by atoms with E-state index in [9.17, 15) is 4.79 Å². The van der Waals surface area contributed by atoms with Gasteiger partial charge in [-0.05, 0) is 48.5 Å². The molecular weight excluding hydrogens is 376 g/mol. The van der Waals surface area contributed by atoms with Gasteiger partial charge >= 0.3 is 5.97 Å². The molecule has 0 amide bonds. The molecule has 2 aromatic carbocycles. The van der Waals surface area contributed by atoms with Gasteiger partial charge in [0.05, 0.1) is 12.9 Å². The molecule has 0 atom stereocenters. The van der Waals surface area contributed by atoms with Crippen LogP contribution in [0.5, 0.6) is 5.75 Å². The Balaban J connectivity index is 1.47. The van der Waals surface area contributed by atoms with Crippen LogP contribution in [0.1, 0.15) is 5.89 Å². The molecule has 6 nitrogen and oxygen atoms in total. The summed E-state index contributed by atoms with van der Waals surface area (Å²) in [5.41, 5.74) is 0.769. The van der Waals surface area contributed by atoms with Crippen LogP contribution in [0.2, 0.25) is 5.02 Å². The van der Waals surface area contributed by atoms with Gasteiger partial charge in [-0.25, -0.2) is 0 Å². The van der Waals surface area contributed by atoms with Crippen molar-refractivity contribution in [1.29, 1.82) is 0 Å². The van der Waals surface area contributed by atoms with E-state index >= 15 is 0 Å². The number of halogens is 1. The topological polar surface area (TPSA) is 74.5 Å². The number of methoxy groups -OCH3 is 1. The summed E-state index contributed by atoms with van der Waals surface area (Å²) < 4.78 is 15.3. The number of benzene rings is 2. The van der Waals surface area contributed by atoms with E-state index in [0.29, 0.717) is 10.8 Å². The van der Waals surface area contributed by atoms with Crippen LogP contribution in [0.3, 0.4) is 0 Å².